The molecule has 6 heteroatoms. The molecule has 0 amide bonds. The molecule has 1 aromatic carbocycles. The number of rotatable bonds is 4. The quantitative estimate of drug-likeness (QED) is 0.843. The minimum atomic E-state index is -3.53. The molecule has 106 valence electrons. The zero-order valence-corrected chi connectivity index (χ0v) is 12.0. The Morgan fingerprint density at radius 2 is 2.00 bits per heavy atom. The number of hydrogen-bond acceptors (Lipinski definition) is 3. The SMILES string of the molecule is CN1CCCC1CN(C)S(=O)(=O)c1ccc(F)cc1. The van der Waals surface area contributed by atoms with Crippen LogP contribution in [0.3, 0.4) is 0 Å². The van der Waals surface area contributed by atoms with Gasteiger partial charge < -0.3 is 4.90 Å². The van der Waals surface area contributed by atoms with Crippen molar-refractivity contribution in [2.24, 2.45) is 0 Å². The van der Waals surface area contributed by atoms with Crippen LogP contribution in [0.4, 0.5) is 4.39 Å². The van der Waals surface area contributed by atoms with Gasteiger partial charge in [0.15, 0.2) is 0 Å². The minimum Gasteiger partial charge on any atom is -0.302 e. The van der Waals surface area contributed by atoms with Gasteiger partial charge in [-0.2, -0.15) is 4.31 Å². The smallest absolute Gasteiger partial charge is 0.242 e. The molecular formula is C13H19FN2O2S. The number of hydrogen-bond donors (Lipinski definition) is 0. The number of sulfonamides is 1. The van der Waals surface area contributed by atoms with Crippen LogP contribution in [0, 0.1) is 5.82 Å². The van der Waals surface area contributed by atoms with E-state index >= 15 is 0 Å². The van der Waals surface area contributed by atoms with E-state index in [0.29, 0.717) is 6.54 Å². The van der Waals surface area contributed by atoms with Gasteiger partial charge in [-0.3, -0.25) is 0 Å². The lowest BCUT2D eigenvalue weighted by molar-refractivity contribution is 0.271. The molecule has 2 rings (SSSR count). The van der Waals surface area contributed by atoms with Crippen LogP contribution < -0.4 is 0 Å². The van der Waals surface area contributed by atoms with E-state index in [0.717, 1.165) is 19.4 Å². The Hall–Kier alpha value is -0.980. The second-order valence-corrected chi connectivity index (χ2v) is 7.06. The van der Waals surface area contributed by atoms with E-state index in [4.69, 9.17) is 0 Å². The lowest BCUT2D eigenvalue weighted by atomic mass is 10.2. The van der Waals surface area contributed by atoms with Crippen LogP contribution in [-0.4, -0.2) is 50.8 Å². The molecule has 4 nitrogen and oxygen atoms in total. The van der Waals surface area contributed by atoms with Crippen molar-refractivity contribution in [1.29, 1.82) is 0 Å². The molecule has 1 aliphatic heterocycles. The molecule has 1 fully saturated rings. The Bertz CT molecular complexity index is 530. The van der Waals surface area contributed by atoms with Crippen LogP contribution in [0.15, 0.2) is 29.2 Å². The van der Waals surface area contributed by atoms with E-state index in [-0.39, 0.29) is 10.9 Å². The number of benzene rings is 1. The first-order valence-electron chi connectivity index (χ1n) is 6.33. The van der Waals surface area contributed by atoms with Crippen molar-refractivity contribution in [2.45, 2.75) is 23.8 Å². The molecule has 0 aromatic heterocycles. The van der Waals surface area contributed by atoms with Gasteiger partial charge >= 0.3 is 0 Å². The summed E-state index contributed by atoms with van der Waals surface area (Å²) >= 11 is 0. The molecule has 1 saturated heterocycles. The summed E-state index contributed by atoms with van der Waals surface area (Å²) in [5.41, 5.74) is 0. The van der Waals surface area contributed by atoms with Gasteiger partial charge in [0.2, 0.25) is 10.0 Å². The van der Waals surface area contributed by atoms with Crippen LogP contribution in [-0.2, 0) is 10.0 Å². The topological polar surface area (TPSA) is 40.6 Å². The third kappa shape index (κ3) is 3.13. The van der Waals surface area contributed by atoms with E-state index in [1.807, 2.05) is 7.05 Å². The predicted octanol–water partition coefficient (Wildman–Crippen LogP) is 1.54. The van der Waals surface area contributed by atoms with Crippen molar-refractivity contribution < 1.29 is 12.8 Å². The van der Waals surface area contributed by atoms with E-state index in [1.54, 1.807) is 7.05 Å². The standard InChI is InChI=1S/C13H19FN2O2S/c1-15-9-3-4-12(15)10-16(2)19(17,18)13-7-5-11(14)6-8-13/h5-8,12H,3-4,9-10H2,1-2H3. The number of halogens is 1. The summed E-state index contributed by atoms with van der Waals surface area (Å²) < 4.78 is 38.8. The molecule has 0 bridgehead atoms. The second kappa shape index (κ2) is 5.56. The fourth-order valence-electron chi connectivity index (χ4n) is 2.39. The monoisotopic (exact) mass is 286 g/mol. The molecule has 1 unspecified atom stereocenters. The Kier molecular flexibility index (Phi) is 4.23. The van der Waals surface area contributed by atoms with E-state index < -0.39 is 15.8 Å². The summed E-state index contributed by atoms with van der Waals surface area (Å²) in [6.45, 7) is 1.48. The average molecular weight is 286 g/mol. The maximum Gasteiger partial charge on any atom is 0.242 e. The van der Waals surface area contributed by atoms with Gasteiger partial charge in [0.25, 0.3) is 0 Å². The summed E-state index contributed by atoms with van der Waals surface area (Å²) in [6, 6.07) is 5.21. The maximum absolute atomic E-state index is 12.8. The van der Waals surface area contributed by atoms with Crippen molar-refractivity contribution >= 4 is 10.0 Å². The van der Waals surface area contributed by atoms with E-state index in [9.17, 15) is 12.8 Å². The van der Waals surface area contributed by atoms with Crippen LogP contribution in [0.25, 0.3) is 0 Å². The average Bonchev–Trinajstić information content (AvgIpc) is 2.75. The Labute approximate surface area is 113 Å². The minimum absolute atomic E-state index is 0.136. The van der Waals surface area contributed by atoms with Gasteiger partial charge in [0.1, 0.15) is 5.82 Å². The first-order chi connectivity index (χ1) is 8.91. The van der Waals surface area contributed by atoms with Crippen molar-refractivity contribution in [2.75, 3.05) is 27.2 Å². The first kappa shape index (κ1) is 14.4. The molecule has 1 atom stereocenters. The molecule has 1 aromatic rings. The molecule has 19 heavy (non-hydrogen) atoms. The van der Waals surface area contributed by atoms with Gasteiger partial charge in [0.05, 0.1) is 4.90 Å². The summed E-state index contributed by atoms with van der Waals surface area (Å²) in [5, 5.41) is 0. The Morgan fingerprint density at radius 3 is 2.53 bits per heavy atom. The van der Waals surface area contributed by atoms with Crippen molar-refractivity contribution in [3.05, 3.63) is 30.1 Å². The van der Waals surface area contributed by atoms with E-state index in [1.165, 1.54) is 28.6 Å². The van der Waals surface area contributed by atoms with Gasteiger partial charge in [-0.25, -0.2) is 12.8 Å². The predicted molar refractivity (Wildman–Crippen MR) is 71.9 cm³/mol. The van der Waals surface area contributed by atoms with Crippen LogP contribution in [0.1, 0.15) is 12.8 Å². The highest BCUT2D eigenvalue weighted by Crippen LogP contribution is 2.20. The van der Waals surface area contributed by atoms with Gasteiger partial charge in [-0.15, -0.1) is 0 Å². The lowest BCUT2D eigenvalue weighted by Crippen LogP contribution is -2.39. The molecule has 0 spiro atoms. The zero-order valence-electron chi connectivity index (χ0n) is 11.2. The van der Waals surface area contributed by atoms with Crippen LogP contribution >= 0.6 is 0 Å². The normalized spacial score (nSPS) is 21.2. The van der Waals surface area contributed by atoms with Crippen molar-refractivity contribution in [3.63, 3.8) is 0 Å². The highest BCUT2D eigenvalue weighted by molar-refractivity contribution is 7.89. The molecule has 1 aliphatic rings. The summed E-state index contributed by atoms with van der Waals surface area (Å²) in [5.74, 6) is -0.433. The summed E-state index contributed by atoms with van der Waals surface area (Å²) in [6.07, 6.45) is 2.12. The molecule has 1 heterocycles. The zero-order chi connectivity index (χ0) is 14.0. The van der Waals surface area contributed by atoms with Gasteiger partial charge in [-0.05, 0) is 50.7 Å². The molecule has 0 N–H and O–H groups in total. The lowest BCUT2D eigenvalue weighted by Gasteiger charge is -2.25. The highest BCUT2D eigenvalue weighted by atomic mass is 32.2. The molecule has 0 aliphatic carbocycles. The largest absolute Gasteiger partial charge is 0.302 e. The van der Waals surface area contributed by atoms with Crippen molar-refractivity contribution in [1.82, 2.24) is 9.21 Å². The third-order valence-corrected chi connectivity index (χ3v) is 5.50. The number of nitrogens with zero attached hydrogens (tertiary/aromatic N) is 2. The maximum atomic E-state index is 12.8. The number of likely N-dealkylation sites (tertiary alicyclic amines) is 1. The molecule has 0 radical (unpaired) electrons. The second-order valence-electron chi connectivity index (χ2n) is 5.02. The van der Waals surface area contributed by atoms with E-state index in [2.05, 4.69) is 4.90 Å². The van der Waals surface area contributed by atoms with Gasteiger partial charge in [0, 0.05) is 19.6 Å². The van der Waals surface area contributed by atoms with Gasteiger partial charge in [-0.1, -0.05) is 0 Å². The van der Waals surface area contributed by atoms with Crippen LogP contribution in [0.5, 0.6) is 0 Å². The number of likely N-dealkylation sites (N-methyl/N-ethyl adjacent to an activating group) is 2. The van der Waals surface area contributed by atoms with Crippen LogP contribution in [0.2, 0.25) is 0 Å². The first-order valence-corrected chi connectivity index (χ1v) is 7.77. The summed E-state index contributed by atoms with van der Waals surface area (Å²) in [7, 11) is 0.0576. The fraction of sp³-hybridized carbons (Fsp3) is 0.538. The Morgan fingerprint density at radius 1 is 1.37 bits per heavy atom. The Balaban J connectivity index is 2.12. The third-order valence-electron chi connectivity index (χ3n) is 3.66. The molecule has 0 saturated carbocycles. The van der Waals surface area contributed by atoms with Crippen molar-refractivity contribution in [3.8, 4) is 0 Å². The molecular weight excluding hydrogens is 267 g/mol. The summed E-state index contributed by atoms with van der Waals surface area (Å²) in [4.78, 5) is 2.31. The fourth-order valence-corrected chi connectivity index (χ4v) is 3.60. The highest BCUT2D eigenvalue weighted by Gasteiger charge is 2.27.